The van der Waals surface area contributed by atoms with E-state index in [0.717, 1.165) is 49.0 Å². The molecule has 0 aliphatic rings. The number of nitrogens with zero attached hydrogens (tertiary/aromatic N) is 5. The highest BCUT2D eigenvalue weighted by Crippen LogP contribution is 2.07. The first-order chi connectivity index (χ1) is 10.8. The Labute approximate surface area is 128 Å². The molecule has 3 aromatic heterocycles. The van der Waals surface area contributed by atoms with Gasteiger partial charge in [-0.1, -0.05) is 6.07 Å². The number of pyridine rings is 1. The molecule has 0 saturated carbocycles. The highest BCUT2D eigenvalue weighted by molar-refractivity contribution is 5.43. The molecule has 0 saturated heterocycles. The van der Waals surface area contributed by atoms with Crippen molar-refractivity contribution in [3.05, 3.63) is 42.4 Å². The van der Waals surface area contributed by atoms with Gasteiger partial charge in [-0.2, -0.15) is 4.52 Å². The summed E-state index contributed by atoms with van der Waals surface area (Å²) in [7, 11) is 0. The van der Waals surface area contributed by atoms with Gasteiger partial charge in [0.05, 0.1) is 0 Å². The molecule has 0 aromatic carbocycles. The lowest BCUT2D eigenvalue weighted by Gasteiger charge is -2.07. The van der Waals surface area contributed by atoms with Crippen LogP contribution in [0.2, 0.25) is 0 Å². The Balaban J connectivity index is 1.40. The molecule has 0 atom stereocenters. The number of anilines is 2. The van der Waals surface area contributed by atoms with Crippen LogP contribution in [0.25, 0.3) is 5.65 Å². The zero-order chi connectivity index (χ0) is 15.2. The van der Waals surface area contributed by atoms with E-state index in [1.54, 1.807) is 10.7 Å². The molecule has 0 aliphatic carbocycles. The predicted molar refractivity (Wildman–Crippen MR) is 86.0 cm³/mol. The molecule has 0 aliphatic heterocycles. The summed E-state index contributed by atoms with van der Waals surface area (Å²) in [5, 5.41) is 19.1. The summed E-state index contributed by atoms with van der Waals surface area (Å²) in [6.45, 7) is 3.68. The number of unbranched alkanes of at least 4 members (excludes halogenated alkanes) is 1. The average molecular weight is 297 g/mol. The van der Waals surface area contributed by atoms with E-state index in [0.29, 0.717) is 0 Å². The summed E-state index contributed by atoms with van der Waals surface area (Å²) in [5.41, 5.74) is 0.766. The summed E-state index contributed by atoms with van der Waals surface area (Å²) in [6, 6.07) is 9.70. The molecule has 2 N–H and O–H groups in total. The van der Waals surface area contributed by atoms with Crippen molar-refractivity contribution < 1.29 is 0 Å². The van der Waals surface area contributed by atoms with E-state index >= 15 is 0 Å². The van der Waals surface area contributed by atoms with Gasteiger partial charge in [0, 0.05) is 19.3 Å². The van der Waals surface area contributed by atoms with Crippen LogP contribution in [-0.2, 0) is 0 Å². The summed E-state index contributed by atoms with van der Waals surface area (Å²) >= 11 is 0. The van der Waals surface area contributed by atoms with Gasteiger partial charge in [-0.05, 0) is 44.0 Å². The van der Waals surface area contributed by atoms with Gasteiger partial charge < -0.3 is 10.6 Å². The SMILES string of the molecule is Cc1nnc2ccc(NCCCCNc3ccccn3)nn12. The van der Waals surface area contributed by atoms with Gasteiger partial charge in [0.15, 0.2) is 11.5 Å². The number of hydrogen-bond acceptors (Lipinski definition) is 6. The van der Waals surface area contributed by atoms with Crippen molar-refractivity contribution in [1.29, 1.82) is 0 Å². The van der Waals surface area contributed by atoms with Crippen LogP contribution in [0, 0.1) is 6.92 Å². The third kappa shape index (κ3) is 3.49. The van der Waals surface area contributed by atoms with E-state index in [2.05, 4.69) is 30.9 Å². The molecule has 114 valence electrons. The fourth-order valence-electron chi connectivity index (χ4n) is 2.14. The Kier molecular flexibility index (Phi) is 4.43. The molecule has 7 heteroatoms. The maximum atomic E-state index is 4.46. The smallest absolute Gasteiger partial charge is 0.178 e. The van der Waals surface area contributed by atoms with Crippen molar-refractivity contribution >= 4 is 17.3 Å². The molecule has 3 heterocycles. The van der Waals surface area contributed by atoms with E-state index in [1.165, 1.54) is 0 Å². The van der Waals surface area contributed by atoms with Crippen molar-refractivity contribution in [2.45, 2.75) is 19.8 Å². The second-order valence-corrected chi connectivity index (χ2v) is 5.01. The zero-order valence-electron chi connectivity index (χ0n) is 12.5. The first-order valence-electron chi connectivity index (χ1n) is 7.41. The van der Waals surface area contributed by atoms with Crippen LogP contribution >= 0.6 is 0 Å². The average Bonchev–Trinajstić information content (AvgIpc) is 2.93. The molecule has 0 bridgehead atoms. The van der Waals surface area contributed by atoms with Crippen molar-refractivity contribution in [1.82, 2.24) is 24.8 Å². The standard InChI is InChI=1S/C15H19N7/c1-12-19-20-15-8-7-14(21-22(12)15)18-11-5-4-10-17-13-6-2-3-9-16-13/h2-3,6-9H,4-5,10-11H2,1H3,(H,16,17)(H,18,21). The number of aromatic nitrogens is 5. The Morgan fingerprint density at radius 3 is 2.55 bits per heavy atom. The number of fused-ring (bicyclic) bond motifs is 1. The molecular formula is C15H19N7. The molecule has 7 nitrogen and oxygen atoms in total. The van der Waals surface area contributed by atoms with Crippen LogP contribution in [0.1, 0.15) is 18.7 Å². The van der Waals surface area contributed by atoms with Crippen LogP contribution in [-0.4, -0.2) is 37.9 Å². The van der Waals surface area contributed by atoms with E-state index in [1.807, 2.05) is 37.3 Å². The molecule has 0 amide bonds. The molecule has 3 rings (SSSR count). The number of nitrogens with one attached hydrogen (secondary N) is 2. The van der Waals surface area contributed by atoms with Crippen LogP contribution < -0.4 is 10.6 Å². The van der Waals surface area contributed by atoms with Crippen molar-refractivity contribution in [3.8, 4) is 0 Å². The van der Waals surface area contributed by atoms with Gasteiger partial charge in [0.1, 0.15) is 11.6 Å². The largest absolute Gasteiger partial charge is 0.370 e. The highest BCUT2D eigenvalue weighted by atomic mass is 15.4. The highest BCUT2D eigenvalue weighted by Gasteiger charge is 2.02. The van der Waals surface area contributed by atoms with Gasteiger partial charge in [0.2, 0.25) is 0 Å². The minimum atomic E-state index is 0.766. The molecule has 0 unspecified atom stereocenters. The topological polar surface area (TPSA) is 80.0 Å². The van der Waals surface area contributed by atoms with Crippen LogP contribution in [0.15, 0.2) is 36.5 Å². The molecule has 0 fully saturated rings. The Morgan fingerprint density at radius 1 is 0.955 bits per heavy atom. The second-order valence-electron chi connectivity index (χ2n) is 5.01. The quantitative estimate of drug-likeness (QED) is 0.650. The summed E-state index contributed by atoms with van der Waals surface area (Å²) in [5.74, 6) is 2.55. The van der Waals surface area contributed by atoms with E-state index in [-0.39, 0.29) is 0 Å². The molecular weight excluding hydrogens is 278 g/mol. The van der Waals surface area contributed by atoms with Gasteiger partial charge in [-0.15, -0.1) is 15.3 Å². The van der Waals surface area contributed by atoms with E-state index in [4.69, 9.17) is 0 Å². The third-order valence-electron chi connectivity index (χ3n) is 3.30. The lowest BCUT2D eigenvalue weighted by atomic mass is 10.3. The first-order valence-corrected chi connectivity index (χ1v) is 7.41. The fraction of sp³-hybridized carbons (Fsp3) is 0.333. The number of rotatable bonds is 7. The monoisotopic (exact) mass is 297 g/mol. The van der Waals surface area contributed by atoms with Gasteiger partial charge in [-0.25, -0.2) is 4.98 Å². The van der Waals surface area contributed by atoms with E-state index in [9.17, 15) is 0 Å². The van der Waals surface area contributed by atoms with Crippen molar-refractivity contribution in [2.24, 2.45) is 0 Å². The summed E-state index contributed by atoms with van der Waals surface area (Å²) < 4.78 is 1.74. The van der Waals surface area contributed by atoms with Crippen LogP contribution in [0.5, 0.6) is 0 Å². The zero-order valence-corrected chi connectivity index (χ0v) is 12.5. The molecule has 3 aromatic rings. The minimum absolute atomic E-state index is 0.766. The van der Waals surface area contributed by atoms with Crippen molar-refractivity contribution in [2.75, 3.05) is 23.7 Å². The molecule has 0 radical (unpaired) electrons. The lowest BCUT2D eigenvalue weighted by Crippen LogP contribution is -2.09. The Hall–Kier alpha value is -2.70. The predicted octanol–water partition coefficient (Wildman–Crippen LogP) is 2.13. The third-order valence-corrected chi connectivity index (χ3v) is 3.30. The maximum absolute atomic E-state index is 4.46. The second kappa shape index (κ2) is 6.84. The maximum Gasteiger partial charge on any atom is 0.178 e. The first kappa shape index (κ1) is 14.2. The number of aryl methyl sites for hydroxylation is 1. The van der Waals surface area contributed by atoms with Crippen molar-refractivity contribution in [3.63, 3.8) is 0 Å². The fourth-order valence-corrected chi connectivity index (χ4v) is 2.14. The van der Waals surface area contributed by atoms with Gasteiger partial charge >= 0.3 is 0 Å². The minimum Gasteiger partial charge on any atom is -0.370 e. The Bertz CT molecular complexity index is 723. The summed E-state index contributed by atoms with van der Waals surface area (Å²) in [4.78, 5) is 4.22. The molecule has 22 heavy (non-hydrogen) atoms. The molecule has 0 spiro atoms. The van der Waals surface area contributed by atoms with Gasteiger partial charge in [-0.3, -0.25) is 0 Å². The van der Waals surface area contributed by atoms with Crippen LogP contribution in [0.4, 0.5) is 11.6 Å². The van der Waals surface area contributed by atoms with Gasteiger partial charge in [0.25, 0.3) is 0 Å². The van der Waals surface area contributed by atoms with E-state index < -0.39 is 0 Å². The normalized spacial score (nSPS) is 10.8. The number of hydrogen-bond donors (Lipinski definition) is 2. The lowest BCUT2D eigenvalue weighted by molar-refractivity contribution is 0.785. The Morgan fingerprint density at radius 2 is 1.77 bits per heavy atom. The summed E-state index contributed by atoms with van der Waals surface area (Å²) in [6.07, 6.45) is 3.91. The van der Waals surface area contributed by atoms with Crippen LogP contribution in [0.3, 0.4) is 0 Å².